The molecule has 1 aromatic carbocycles. The van der Waals surface area contributed by atoms with Gasteiger partial charge in [0.1, 0.15) is 11.9 Å². The lowest BCUT2D eigenvalue weighted by atomic mass is 9.86. The van der Waals surface area contributed by atoms with E-state index in [2.05, 4.69) is 15.0 Å². The second-order valence-electron chi connectivity index (χ2n) is 10.7. The van der Waals surface area contributed by atoms with Crippen LogP contribution in [0.2, 0.25) is 0 Å². The summed E-state index contributed by atoms with van der Waals surface area (Å²) in [6, 6.07) is 8.57. The van der Waals surface area contributed by atoms with Crippen molar-refractivity contribution in [1.82, 2.24) is 24.4 Å². The lowest BCUT2D eigenvalue weighted by Gasteiger charge is -2.35. The van der Waals surface area contributed by atoms with E-state index in [0.717, 1.165) is 12.8 Å². The summed E-state index contributed by atoms with van der Waals surface area (Å²) < 4.78 is 41.4. The van der Waals surface area contributed by atoms with Gasteiger partial charge in [0.2, 0.25) is 17.7 Å². The number of carbonyl (C=O) groups is 1. The average Bonchev–Trinajstić information content (AvgIpc) is 3.38. The Hall–Kier alpha value is -3.38. The quantitative estimate of drug-likeness (QED) is 0.492. The van der Waals surface area contributed by atoms with Crippen molar-refractivity contribution in [2.24, 2.45) is 5.92 Å². The molecule has 2 saturated heterocycles. The number of rotatable bonds is 6. The molecule has 40 heavy (non-hydrogen) atoms. The van der Waals surface area contributed by atoms with Crippen LogP contribution in [0.15, 0.2) is 30.3 Å². The van der Waals surface area contributed by atoms with Gasteiger partial charge >= 0.3 is 0 Å². The van der Waals surface area contributed by atoms with E-state index >= 15 is 0 Å². The van der Waals surface area contributed by atoms with Gasteiger partial charge in [-0.2, -0.15) is 9.97 Å². The normalized spacial score (nSPS) is 24.1. The van der Waals surface area contributed by atoms with Crippen LogP contribution in [0, 0.1) is 5.92 Å². The molecular weight excluding hydrogens is 522 g/mol. The van der Waals surface area contributed by atoms with Crippen molar-refractivity contribution in [3.8, 4) is 11.7 Å². The van der Waals surface area contributed by atoms with E-state index in [1.54, 1.807) is 35.2 Å². The number of fused-ring (bicyclic) bond motifs is 1. The van der Waals surface area contributed by atoms with Gasteiger partial charge in [-0.05, 0) is 50.7 Å². The van der Waals surface area contributed by atoms with Gasteiger partial charge in [0.15, 0.2) is 5.82 Å². The number of carbonyl (C=O) groups excluding carboxylic acids is 1. The molecular formula is C28H34F2N6O4. The highest BCUT2D eigenvalue weighted by Gasteiger charge is 2.33. The highest BCUT2D eigenvalue weighted by atomic mass is 19.3. The summed E-state index contributed by atoms with van der Waals surface area (Å²) >= 11 is 0. The topological polar surface area (TPSA) is 106 Å². The minimum Gasteiger partial charge on any atom is -0.474 e. The summed E-state index contributed by atoms with van der Waals surface area (Å²) in [6.45, 7) is 3.30. The third-order valence-corrected chi connectivity index (χ3v) is 8.00. The maximum atomic E-state index is 14.1. The molecule has 1 atom stereocenters. The standard InChI is InChI=1S/C28H34F2N6O4/c29-25(30)26-31-21-5-1-2-6-22(21)36(26)23-16-24(33-28(32-23)34-12-14-39-15-13-34)40-20-9-7-18(8-10-20)27(38)35-11-3-4-19(37)17-35/h1-2,5-6,16,18-20,25,37H,3-4,7-15,17H2/t18-,19?,20-. The van der Waals surface area contributed by atoms with Gasteiger partial charge in [0, 0.05) is 38.2 Å². The van der Waals surface area contributed by atoms with Crippen LogP contribution in [0.4, 0.5) is 14.7 Å². The lowest BCUT2D eigenvalue weighted by Crippen LogP contribution is -2.46. The van der Waals surface area contributed by atoms with E-state index in [-0.39, 0.29) is 29.6 Å². The number of para-hydroxylation sites is 2. The minimum atomic E-state index is -2.80. The first-order chi connectivity index (χ1) is 19.5. The predicted octanol–water partition coefficient (Wildman–Crippen LogP) is 3.51. The van der Waals surface area contributed by atoms with Gasteiger partial charge < -0.3 is 24.4 Å². The number of hydrogen-bond donors (Lipinski definition) is 1. The SMILES string of the molecule is O=C([C@H]1CC[C@H](Oc2cc(-n3c(C(F)F)nc4ccccc43)nc(N3CCOCC3)n2)CC1)N1CCCC(O)C1. The molecule has 0 spiro atoms. The Morgan fingerprint density at radius 2 is 1.80 bits per heavy atom. The molecule has 3 aromatic rings. The zero-order valence-corrected chi connectivity index (χ0v) is 22.3. The van der Waals surface area contributed by atoms with Gasteiger partial charge in [0.25, 0.3) is 6.43 Å². The van der Waals surface area contributed by atoms with E-state index in [1.165, 1.54) is 4.57 Å². The molecule has 1 unspecified atom stereocenters. The van der Waals surface area contributed by atoms with Gasteiger partial charge in [-0.25, -0.2) is 13.8 Å². The van der Waals surface area contributed by atoms with E-state index in [9.17, 15) is 18.7 Å². The lowest BCUT2D eigenvalue weighted by molar-refractivity contribution is -0.140. The second kappa shape index (κ2) is 11.6. The summed E-state index contributed by atoms with van der Waals surface area (Å²) in [5.74, 6) is 0.604. The Labute approximate surface area is 230 Å². The molecule has 1 saturated carbocycles. The summed E-state index contributed by atoms with van der Waals surface area (Å²) in [5.41, 5.74) is 0.980. The molecule has 12 heteroatoms. The number of piperidine rings is 1. The molecule has 0 bridgehead atoms. The number of imidazole rings is 1. The molecule has 3 aliphatic rings. The number of aliphatic hydroxyl groups excluding tert-OH is 1. The largest absolute Gasteiger partial charge is 0.474 e. The minimum absolute atomic E-state index is 0.0825. The molecule has 2 aliphatic heterocycles. The van der Waals surface area contributed by atoms with Crippen molar-refractivity contribution in [1.29, 1.82) is 0 Å². The number of β-amino-alcohol motifs (C(OH)–C–C–N with tert-alkyl or cyclic N) is 1. The van der Waals surface area contributed by atoms with Crippen molar-refractivity contribution in [3.63, 3.8) is 0 Å². The molecule has 1 aliphatic carbocycles. The molecule has 1 N–H and O–H groups in total. The number of halogens is 2. The van der Waals surface area contributed by atoms with Gasteiger partial charge in [-0.3, -0.25) is 9.36 Å². The number of nitrogens with zero attached hydrogens (tertiary/aromatic N) is 6. The first-order valence-corrected chi connectivity index (χ1v) is 14.1. The molecule has 6 rings (SSSR count). The van der Waals surface area contributed by atoms with Gasteiger partial charge in [-0.15, -0.1) is 0 Å². The van der Waals surface area contributed by atoms with Crippen molar-refractivity contribution >= 4 is 22.9 Å². The first kappa shape index (κ1) is 26.8. The van der Waals surface area contributed by atoms with E-state index < -0.39 is 12.5 Å². The number of amides is 1. The fourth-order valence-electron chi connectivity index (χ4n) is 5.92. The van der Waals surface area contributed by atoms with Crippen LogP contribution in [0.3, 0.4) is 0 Å². The summed E-state index contributed by atoms with van der Waals surface area (Å²) in [5, 5.41) is 9.96. The number of hydrogen-bond acceptors (Lipinski definition) is 8. The Kier molecular flexibility index (Phi) is 7.79. The Morgan fingerprint density at radius 1 is 1.02 bits per heavy atom. The number of morpholine rings is 1. The van der Waals surface area contributed by atoms with E-state index in [0.29, 0.717) is 87.9 Å². The van der Waals surface area contributed by atoms with Crippen molar-refractivity contribution in [2.45, 2.75) is 57.2 Å². The van der Waals surface area contributed by atoms with Crippen LogP contribution in [-0.4, -0.2) is 87.0 Å². The van der Waals surface area contributed by atoms with Gasteiger partial charge in [0.05, 0.1) is 30.4 Å². The maximum absolute atomic E-state index is 14.1. The number of aromatic nitrogens is 4. The predicted molar refractivity (Wildman–Crippen MR) is 143 cm³/mol. The van der Waals surface area contributed by atoms with Crippen molar-refractivity contribution in [3.05, 3.63) is 36.2 Å². The number of likely N-dealkylation sites (tertiary alicyclic amines) is 1. The van der Waals surface area contributed by atoms with Crippen LogP contribution in [0.5, 0.6) is 5.88 Å². The van der Waals surface area contributed by atoms with Crippen LogP contribution >= 0.6 is 0 Å². The monoisotopic (exact) mass is 556 g/mol. The average molecular weight is 557 g/mol. The number of anilines is 1. The summed E-state index contributed by atoms with van der Waals surface area (Å²) in [6.07, 6.45) is 0.890. The Bertz CT molecular complexity index is 1340. The molecule has 4 heterocycles. The maximum Gasteiger partial charge on any atom is 0.296 e. The molecule has 214 valence electrons. The number of alkyl halides is 2. The molecule has 3 fully saturated rings. The summed E-state index contributed by atoms with van der Waals surface area (Å²) in [7, 11) is 0. The number of benzene rings is 1. The molecule has 2 aromatic heterocycles. The van der Waals surface area contributed by atoms with Crippen molar-refractivity contribution in [2.75, 3.05) is 44.3 Å². The summed E-state index contributed by atoms with van der Waals surface area (Å²) in [4.78, 5) is 30.3. The van der Waals surface area contributed by atoms with Crippen LogP contribution in [-0.2, 0) is 9.53 Å². The zero-order chi connectivity index (χ0) is 27.6. The fourth-order valence-corrected chi connectivity index (χ4v) is 5.92. The van der Waals surface area contributed by atoms with Crippen LogP contribution in [0.1, 0.15) is 50.8 Å². The molecule has 10 nitrogen and oxygen atoms in total. The van der Waals surface area contributed by atoms with E-state index in [4.69, 9.17) is 9.47 Å². The van der Waals surface area contributed by atoms with Crippen molar-refractivity contribution < 1.29 is 28.2 Å². The number of ether oxygens (including phenoxy) is 2. The highest BCUT2D eigenvalue weighted by Crippen LogP contribution is 2.32. The first-order valence-electron chi connectivity index (χ1n) is 14.1. The smallest absolute Gasteiger partial charge is 0.296 e. The zero-order valence-electron chi connectivity index (χ0n) is 22.3. The van der Waals surface area contributed by atoms with Crippen LogP contribution < -0.4 is 9.64 Å². The second-order valence-corrected chi connectivity index (χ2v) is 10.7. The Morgan fingerprint density at radius 3 is 2.55 bits per heavy atom. The van der Waals surface area contributed by atoms with Gasteiger partial charge in [-0.1, -0.05) is 12.1 Å². The fraction of sp³-hybridized carbons (Fsp3) is 0.571. The third kappa shape index (κ3) is 5.60. The number of aliphatic hydroxyl groups is 1. The molecule has 1 amide bonds. The third-order valence-electron chi connectivity index (χ3n) is 8.00. The molecule has 0 radical (unpaired) electrons. The van der Waals surface area contributed by atoms with Crippen LogP contribution in [0.25, 0.3) is 16.9 Å². The highest BCUT2D eigenvalue weighted by molar-refractivity contribution is 5.79. The Balaban J connectivity index is 1.25. The van der Waals surface area contributed by atoms with E-state index in [1.807, 2.05) is 4.90 Å².